The standard InChI is InChI=1S/C17H9ClF3N5/c18-15-14(13-11(20)6-9(19)7-12(13)21)16(24-10-4-2-1-3-5-10)26-17(25-15)22-8-23-26/h1-8,24H. The Labute approximate surface area is 150 Å². The maximum absolute atomic E-state index is 14.4. The van der Waals surface area contributed by atoms with E-state index < -0.39 is 23.0 Å². The monoisotopic (exact) mass is 375 g/mol. The molecule has 0 unspecified atom stereocenters. The summed E-state index contributed by atoms with van der Waals surface area (Å²) in [6.07, 6.45) is 1.23. The predicted molar refractivity (Wildman–Crippen MR) is 90.8 cm³/mol. The molecule has 9 heteroatoms. The molecule has 2 heterocycles. The number of aromatic nitrogens is 4. The Morgan fingerprint density at radius 3 is 2.35 bits per heavy atom. The minimum absolute atomic E-state index is 0.0940. The van der Waals surface area contributed by atoms with Crippen LogP contribution >= 0.6 is 11.6 Å². The molecule has 4 rings (SSSR count). The second kappa shape index (κ2) is 6.30. The Kier molecular flexibility index (Phi) is 3.96. The summed E-state index contributed by atoms with van der Waals surface area (Å²) >= 11 is 6.19. The average molecular weight is 376 g/mol. The molecular weight excluding hydrogens is 367 g/mol. The van der Waals surface area contributed by atoms with Crippen LogP contribution in [0.25, 0.3) is 16.9 Å². The van der Waals surface area contributed by atoms with Crippen LogP contribution < -0.4 is 5.32 Å². The third kappa shape index (κ3) is 2.74. The molecule has 0 aliphatic carbocycles. The van der Waals surface area contributed by atoms with Crippen molar-refractivity contribution in [1.29, 1.82) is 0 Å². The van der Waals surface area contributed by atoms with Crippen molar-refractivity contribution in [2.45, 2.75) is 0 Å². The molecule has 26 heavy (non-hydrogen) atoms. The highest BCUT2D eigenvalue weighted by Crippen LogP contribution is 2.38. The lowest BCUT2D eigenvalue weighted by atomic mass is 10.1. The third-order valence-electron chi connectivity index (χ3n) is 3.68. The first kappa shape index (κ1) is 16.3. The lowest BCUT2D eigenvalue weighted by Gasteiger charge is -2.15. The number of hydrogen-bond donors (Lipinski definition) is 1. The largest absolute Gasteiger partial charge is 0.339 e. The minimum Gasteiger partial charge on any atom is -0.339 e. The van der Waals surface area contributed by atoms with E-state index >= 15 is 0 Å². The molecule has 0 saturated heterocycles. The van der Waals surface area contributed by atoms with Gasteiger partial charge in [0.15, 0.2) is 0 Å². The van der Waals surface area contributed by atoms with Gasteiger partial charge in [0.05, 0.1) is 11.1 Å². The van der Waals surface area contributed by atoms with Gasteiger partial charge in [0.25, 0.3) is 5.78 Å². The highest BCUT2D eigenvalue weighted by atomic mass is 35.5. The van der Waals surface area contributed by atoms with Crippen molar-refractivity contribution in [1.82, 2.24) is 19.6 Å². The Balaban J connectivity index is 2.03. The topological polar surface area (TPSA) is 55.1 Å². The molecular formula is C17H9ClF3N5. The van der Waals surface area contributed by atoms with Crippen LogP contribution in [0, 0.1) is 17.5 Å². The van der Waals surface area contributed by atoms with Crippen LogP contribution in [-0.4, -0.2) is 19.6 Å². The van der Waals surface area contributed by atoms with Crippen molar-refractivity contribution in [3.63, 3.8) is 0 Å². The number of halogens is 4. The smallest absolute Gasteiger partial charge is 0.255 e. The zero-order chi connectivity index (χ0) is 18.3. The number of fused-ring (bicyclic) bond motifs is 1. The van der Waals surface area contributed by atoms with Gasteiger partial charge in [0.1, 0.15) is 34.7 Å². The summed E-state index contributed by atoms with van der Waals surface area (Å²) in [5.41, 5.74) is 0.0130. The lowest BCUT2D eigenvalue weighted by molar-refractivity contribution is 0.548. The zero-order valence-electron chi connectivity index (χ0n) is 12.9. The first-order chi connectivity index (χ1) is 12.5. The van der Waals surface area contributed by atoms with Gasteiger partial charge in [0, 0.05) is 17.8 Å². The fraction of sp³-hybridized carbons (Fsp3) is 0. The maximum Gasteiger partial charge on any atom is 0.255 e. The number of hydrogen-bond acceptors (Lipinski definition) is 4. The van der Waals surface area contributed by atoms with Crippen LogP contribution in [0.3, 0.4) is 0 Å². The van der Waals surface area contributed by atoms with E-state index in [1.54, 1.807) is 24.3 Å². The van der Waals surface area contributed by atoms with Crippen molar-refractivity contribution >= 4 is 28.9 Å². The van der Waals surface area contributed by atoms with Crippen molar-refractivity contribution in [2.75, 3.05) is 5.32 Å². The number of nitrogens with one attached hydrogen (secondary N) is 1. The van der Waals surface area contributed by atoms with E-state index in [2.05, 4.69) is 20.4 Å². The van der Waals surface area contributed by atoms with E-state index in [1.165, 1.54) is 10.8 Å². The van der Waals surface area contributed by atoms with Crippen LogP contribution in [-0.2, 0) is 0 Å². The fourth-order valence-electron chi connectivity index (χ4n) is 2.59. The van der Waals surface area contributed by atoms with Gasteiger partial charge in [-0.1, -0.05) is 29.8 Å². The number of rotatable bonds is 3. The number of anilines is 2. The van der Waals surface area contributed by atoms with E-state index in [0.29, 0.717) is 17.8 Å². The van der Waals surface area contributed by atoms with Gasteiger partial charge in [0.2, 0.25) is 0 Å². The number of benzene rings is 2. The summed E-state index contributed by atoms with van der Waals surface area (Å²) in [5.74, 6) is -2.97. The van der Waals surface area contributed by atoms with Gasteiger partial charge in [-0.15, -0.1) is 0 Å². The van der Waals surface area contributed by atoms with Gasteiger partial charge in [-0.3, -0.25) is 0 Å². The molecule has 0 fully saturated rings. The Morgan fingerprint density at radius 2 is 1.65 bits per heavy atom. The van der Waals surface area contributed by atoms with Gasteiger partial charge in [-0.2, -0.15) is 19.6 Å². The van der Waals surface area contributed by atoms with Crippen molar-refractivity contribution < 1.29 is 13.2 Å². The summed E-state index contributed by atoms with van der Waals surface area (Å²) in [6.45, 7) is 0. The molecule has 0 spiro atoms. The predicted octanol–water partition coefficient (Wildman–Crippen LogP) is 4.61. The summed E-state index contributed by atoms with van der Waals surface area (Å²) in [7, 11) is 0. The molecule has 1 N–H and O–H groups in total. The van der Waals surface area contributed by atoms with Crippen molar-refractivity contribution in [3.05, 3.63) is 71.4 Å². The Bertz CT molecular complexity index is 1090. The van der Waals surface area contributed by atoms with Crippen LogP contribution in [0.5, 0.6) is 0 Å². The first-order valence-electron chi connectivity index (χ1n) is 7.41. The van der Waals surface area contributed by atoms with Gasteiger partial charge < -0.3 is 5.32 Å². The van der Waals surface area contributed by atoms with Crippen LogP contribution in [0.1, 0.15) is 0 Å². The number of para-hydroxylation sites is 1. The maximum atomic E-state index is 14.4. The van der Waals surface area contributed by atoms with Crippen LogP contribution in [0.4, 0.5) is 24.7 Å². The molecule has 4 aromatic rings. The SMILES string of the molecule is Fc1cc(F)c(-c2c(Cl)nc3ncnn3c2Nc2ccccc2)c(F)c1. The molecule has 0 bridgehead atoms. The first-order valence-corrected chi connectivity index (χ1v) is 7.78. The molecule has 0 atom stereocenters. The summed E-state index contributed by atoms with van der Waals surface area (Å²) < 4.78 is 43.3. The van der Waals surface area contributed by atoms with E-state index in [0.717, 1.165) is 0 Å². The summed E-state index contributed by atoms with van der Waals surface area (Å²) in [4.78, 5) is 7.95. The number of nitrogens with zero attached hydrogens (tertiary/aromatic N) is 4. The van der Waals surface area contributed by atoms with Gasteiger partial charge in [-0.25, -0.2) is 13.2 Å². The molecule has 2 aromatic heterocycles. The van der Waals surface area contributed by atoms with E-state index in [9.17, 15) is 13.2 Å². The molecule has 0 radical (unpaired) electrons. The van der Waals surface area contributed by atoms with Gasteiger partial charge in [-0.05, 0) is 12.1 Å². The average Bonchev–Trinajstić information content (AvgIpc) is 3.05. The molecule has 5 nitrogen and oxygen atoms in total. The molecule has 0 aliphatic rings. The zero-order valence-corrected chi connectivity index (χ0v) is 13.7. The highest BCUT2D eigenvalue weighted by molar-refractivity contribution is 6.33. The van der Waals surface area contributed by atoms with Gasteiger partial charge >= 0.3 is 0 Å². The van der Waals surface area contributed by atoms with Crippen molar-refractivity contribution in [2.24, 2.45) is 0 Å². The minimum atomic E-state index is -1.11. The van der Waals surface area contributed by atoms with E-state index in [-0.39, 0.29) is 22.3 Å². The summed E-state index contributed by atoms with van der Waals surface area (Å²) in [5, 5.41) is 6.84. The van der Waals surface area contributed by atoms with Crippen molar-refractivity contribution in [3.8, 4) is 11.1 Å². The third-order valence-corrected chi connectivity index (χ3v) is 3.95. The molecule has 0 saturated carbocycles. The molecule has 0 aliphatic heterocycles. The molecule has 0 amide bonds. The second-order valence-electron chi connectivity index (χ2n) is 5.33. The molecule has 130 valence electrons. The molecule has 2 aromatic carbocycles. The fourth-order valence-corrected chi connectivity index (χ4v) is 2.85. The second-order valence-corrected chi connectivity index (χ2v) is 5.69. The normalized spacial score (nSPS) is 11.1. The van der Waals surface area contributed by atoms with Crippen LogP contribution in [0.2, 0.25) is 5.15 Å². The van der Waals surface area contributed by atoms with E-state index in [1.807, 2.05) is 6.07 Å². The Morgan fingerprint density at radius 1 is 0.962 bits per heavy atom. The highest BCUT2D eigenvalue weighted by Gasteiger charge is 2.24. The Hall–Kier alpha value is -3.13. The summed E-state index contributed by atoms with van der Waals surface area (Å²) in [6, 6.07) is 10.0. The lowest BCUT2D eigenvalue weighted by Crippen LogP contribution is -2.07. The van der Waals surface area contributed by atoms with Crippen LogP contribution in [0.15, 0.2) is 48.8 Å². The van der Waals surface area contributed by atoms with E-state index in [4.69, 9.17) is 11.6 Å². The quantitative estimate of drug-likeness (QED) is 0.531.